The van der Waals surface area contributed by atoms with Gasteiger partial charge in [0.25, 0.3) is 0 Å². The highest BCUT2D eigenvalue weighted by Crippen LogP contribution is 2.10. The first-order chi connectivity index (χ1) is 7.69. The Bertz CT molecular complexity index is 160. The van der Waals surface area contributed by atoms with Crippen LogP contribution in [0.1, 0.15) is 13.8 Å². The van der Waals surface area contributed by atoms with E-state index in [9.17, 15) is 0 Å². The molecule has 0 aliphatic heterocycles. The van der Waals surface area contributed by atoms with Crippen LogP contribution in [-0.4, -0.2) is 58.8 Å². The zero-order valence-electron chi connectivity index (χ0n) is 10.3. The third-order valence-corrected chi connectivity index (χ3v) is 4.80. The van der Waals surface area contributed by atoms with E-state index in [-0.39, 0.29) is 6.04 Å². The molecule has 0 spiro atoms. The molecule has 0 fully saturated rings. The Labute approximate surface area is 111 Å². The average molecular weight is 287 g/mol. The van der Waals surface area contributed by atoms with Gasteiger partial charge in [-0.15, -0.1) is 23.2 Å². The maximum Gasteiger partial charge on any atom is 0.386 e. The van der Waals surface area contributed by atoms with Crippen molar-refractivity contribution in [2.75, 3.05) is 38.6 Å². The molecule has 0 heterocycles. The second-order valence-corrected chi connectivity index (χ2v) is 5.84. The van der Waals surface area contributed by atoms with E-state index < -0.39 is 9.28 Å². The molecule has 0 N–H and O–H groups in total. The molecule has 0 aromatic rings. The molecule has 0 aromatic carbocycles. The van der Waals surface area contributed by atoms with E-state index >= 15 is 0 Å². The van der Waals surface area contributed by atoms with Gasteiger partial charge in [0.2, 0.25) is 0 Å². The molecule has 0 saturated carbocycles. The zero-order chi connectivity index (χ0) is 12.4. The summed E-state index contributed by atoms with van der Waals surface area (Å²) in [6.07, 6.45) is 0. The van der Waals surface area contributed by atoms with Gasteiger partial charge in [-0.3, -0.25) is 0 Å². The van der Waals surface area contributed by atoms with Crippen LogP contribution in [0.5, 0.6) is 0 Å². The lowest BCUT2D eigenvalue weighted by Crippen LogP contribution is -2.40. The van der Waals surface area contributed by atoms with Gasteiger partial charge in [0.15, 0.2) is 0 Å². The van der Waals surface area contributed by atoms with Gasteiger partial charge in [0.1, 0.15) is 0 Å². The maximum absolute atomic E-state index is 5.96. The van der Waals surface area contributed by atoms with Crippen molar-refractivity contribution in [1.29, 1.82) is 0 Å². The van der Waals surface area contributed by atoms with Crippen LogP contribution in [0.2, 0.25) is 6.04 Å². The first-order valence-electron chi connectivity index (χ1n) is 5.63. The molecule has 0 rings (SSSR count). The highest BCUT2D eigenvalue weighted by Gasteiger charge is 2.23. The van der Waals surface area contributed by atoms with E-state index in [4.69, 9.17) is 32.1 Å². The second-order valence-electron chi connectivity index (χ2n) is 3.42. The minimum Gasteiger partial charge on any atom is -0.394 e. The van der Waals surface area contributed by atoms with Crippen molar-refractivity contribution >= 4 is 32.5 Å². The monoisotopic (exact) mass is 286 g/mol. The van der Waals surface area contributed by atoms with E-state index in [2.05, 4.69) is 4.90 Å². The smallest absolute Gasteiger partial charge is 0.386 e. The summed E-state index contributed by atoms with van der Waals surface area (Å²) in [6, 6.07) is 1.16. The van der Waals surface area contributed by atoms with Crippen LogP contribution in [0.15, 0.2) is 0 Å². The Hall–Kier alpha value is 0.677. The van der Waals surface area contributed by atoms with Crippen molar-refractivity contribution in [3.05, 3.63) is 0 Å². The minimum absolute atomic E-state index is 0.285. The van der Waals surface area contributed by atoms with Gasteiger partial charge in [-0.2, -0.15) is 0 Å². The minimum atomic E-state index is -1.19. The predicted octanol–water partition coefficient (Wildman–Crippen LogP) is 2.33. The Morgan fingerprint density at radius 2 is 1.75 bits per heavy atom. The second kappa shape index (κ2) is 10.8. The topological polar surface area (TPSA) is 21.7 Å². The molecule has 0 amide bonds. The third-order valence-electron chi connectivity index (χ3n) is 2.25. The zero-order valence-corrected chi connectivity index (χ0v) is 12.9. The fourth-order valence-corrected chi connectivity index (χ4v) is 3.92. The molecule has 1 atom stereocenters. The molecule has 0 aliphatic rings. The Morgan fingerprint density at radius 3 is 2.12 bits per heavy atom. The van der Waals surface area contributed by atoms with Gasteiger partial charge in [0, 0.05) is 43.6 Å². The van der Waals surface area contributed by atoms with E-state index in [0.29, 0.717) is 25.0 Å². The number of nitrogens with zero attached hydrogens (tertiary/aromatic N) is 1. The molecule has 6 heteroatoms. The summed E-state index contributed by atoms with van der Waals surface area (Å²) < 4.78 is 11.2. The molecule has 0 bridgehead atoms. The Kier molecular flexibility index (Phi) is 11.3. The Balaban J connectivity index is 4.12. The fraction of sp³-hybridized carbons (Fsp3) is 1.00. The molecule has 1 unspecified atom stereocenters. The van der Waals surface area contributed by atoms with Crippen LogP contribution in [0, 0.1) is 0 Å². The van der Waals surface area contributed by atoms with Crippen LogP contribution in [0.25, 0.3) is 0 Å². The molecule has 0 aromatic heterocycles. The number of rotatable bonds is 10. The standard InChI is InChI=1S/C10H22Cl2NO2Si/c1-4-14-16(15-5-2)9-10(8-12)13(3)7-6-11/h10H,4-9H2,1-3H3. The first kappa shape index (κ1) is 16.7. The quantitative estimate of drug-likeness (QED) is 0.455. The summed E-state index contributed by atoms with van der Waals surface area (Å²) in [5.74, 6) is 1.21. The first-order valence-corrected chi connectivity index (χ1v) is 8.22. The SMILES string of the molecule is CCO[Si](CC(CCl)N(C)CCCl)OCC. The summed E-state index contributed by atoms with van der Waals surface area (Å²) in [5, 5.41) is 0. The lowest BCUT2D eigenvalue weighted by Gasteiger charge is -2.27. The highest BCUT2D eigenvalue weighted by atomic mass is 35.5. The summed E-state index contributed by atoms with van der Waals surface area (Å²) in [6.45, 7) is 6.21. The van der Waals surface area contributed by atoms with Crippen molar-refractivity contribution in [2.45, 2.75) is 25.9 Å². The molecule has 97 valence electrons. The lowest BCUT2D eigenvalue weighted by atomic mass is 10.3. The van der Waals surface area contributed by atoms with Crippen molar-refractivity contribution < 1.29 is 8.85 Å². The summed E-state index contributed by atoms with van der Waals surface area (Å²) >= 11 is 11.7. The van der Waals surface area contributed by atoms with Crippen molar-refractivity contribution in [3.63, 3.8) is 0 Å². The highest BCUT2D eigenvalue weighted by molar-refractivity contribution is 6.44. The van der Waals surface area contributed by atoms with E-state index in [1.165, 1.54) is 0 Å². The lowest BCUT2D eigenvalue weighted by molar-refractivity contribution is 0.198. The summed E-state index contributed by atoms with van der Waals surface area (Å²) in [4.78, 5) is 2.17. The molecule has 0 saturated heterocycles. The van der Waals surface area contributed by atoms with Gasteiger partial charge in [-0.05, 0) is 20.9 Å². The maximum atomic E-state index is 5.96. The molecular weight excluding hydrogens is 265 g/mol. The van der Waals surface area contributed by atoms with Crippen molar-refractivity contribution in [3.8, 4) is 0 Å². The molecule has 16 heavy (non-hydrogen) atoms. The largest absolute Gasteiger partial charge is 0.394 e. The summed E-state index contributed by atoms with van der Waals surface area (Å²) in [5.41, 5.74) is 0. The van der Waals surface area contributed by atoms with E-state index in [1.54, 1.807) is 0 Å². The molecule has 1 radical (unpaired) electrons. The van der Waals surface area contributed by atoms with Crippen LogP contribution >= 0.6 is 23.2 Å². The van der Waals surface area contributed by atoms with Crippen molar-refractivity contribution in [1.82, 2.24) is 4.90 Å². The van der Waals surface area contributed by atoms with Crippen molar-refractivity contribution in [2.24, 2.45) is 0 Å². The van der Waals surface area contributed by atoms with Crippen LogP contribution < -0.4 is 0 Å². The van der Waals surface area contributed by atoms with Crippen LogP contribution in [0.4, 0.5) is 0 Å². The van der Waals surface area contributed by atoms with Gasteiger partial charge < -0.3 is 13.8 Å². The average Bonchev–Trinajstić information content (AvgIpc) is 2.26. The van der Waals surface area contributed by atoms with Gasteiger partial charge in [-0.1, -0.05) is 0 Å². The molecule has 3 nitrogen and oxygen atoms in total. The number of hydrogen-bond donors (Lipinski definition) is 0. The van der Waals surface area contributed by atoms with Crippen LogP contribution in [-0.2, 0) is 8.85 Å². The number of hydrogen-bond acceptors (Lipinski definition) is 3. The van der Waals surface area contributed by atoms with Gasteiger partial charge >= 0.3 is 9.28 Å². The van der Waals surface area contributed by atoms with E-state index in [0.717, 1.165) is 12.6 Å². The molecular formula is C10H22Cl2NO2Si. The number of halogens is 2. The van der Waals surface area contributed by atoms with Gasteiger partial charge in [-0.25, -0.2) is 0 Å². The normalized spacial score (nSPS) is 13.7. The molecule has 0 aliphatic carbocycles. The number of alkyl halides is 2. The third kappa shape index (κ3) is 7.09. The Morgan fingerprint density at radius 1 is 1.19 bits per heavy atom. The van der Waals surface area contributed by atoms with Crippen LogP contribution in [0.3, 0.4) is 0 Å². The summed E-state index contributed by atoms with van der Waals surface area (Å²) in [7, 11) is 0.846. The van der Waals surface area contributed by atoms with E-state index in [1.807, 2.05) is 20.9 Å². The van der Waals surface area contributed by atoms with Gasteiger partial charge in [0.05, 0.1) is 0 Å². The predicted molar refractivity (Wildman–Crippen MR) is 71.7 cm³/mol. The fourth-order valence-electron chi connectivity index (χ4n) is 1.32.